The quantitative estimate of drug-likeness (QED) is 0.248. The summed E-state index contributed by atoms with van der Waals surface area (Å²) in [6.07, 6.45) is 10.2. The Morgan fingerprint density at radius 1 is 1.06 bits per heavy atom. The minimum absolute atomic E-state index is 0.0474. The number of rotatable bonds is 6. The highest BCUT2D eigenvalue weighted by molar-refractivity contribution is 5.74. The monoisotopic (exact) mass is 706 g/mol. The Hall–Kier alpha value is -5.43. The SMILES string of the molecule is C[C@H]1CN(C(=O)OC(C)(C)C)CCN1c1ccc(Nc2cc(-c3ccnc(-n4ccn5c6c(cc5c4=O)CC(C)(C)C6)c3CO)cn(C)c2=O)nc1. The van der Waals surface area contributed by atoms with Crippen LogP contribution in [0, 0.1) is 5.41 Å². The van der Waals surface area contributed by atoms with Crippen molar-refractivity contribution in [2.24, 2.45) is 12.5 Å². The number of aliphatic hydroxyl groups is 1. The molecule has 2 N–H and O–H groups in total. The summed E-state index contributed by atoms with van der Waals surface area (Å²) in [6.45, 7) is 13.4. The molecule has 0 aromatic carbocycles. The van der Waals surface area contributed by atoms with Crippen molar-refractivity contribution in [1.29, 1.82) is 0 Å². The average molecular weight is 707 g/mol. The Balaban J connectivity index is 1.14. The molecule has 52 heavy (non-hydrogen) atoms. The summed E-state index contributed by atoms with van der Waals surface area (Å²) >= 11 is 0. The summed E-state index contributed by atoms with van der Waals surface area (Å²) in [4.78, 5) is 52.8. The lowest BCUT2D eigenvalue weighted by Gasteiger charge is -2.41. The predicted molar refractivity (Wildman–Crippen MR) is 201 cm³/mol. The van der Waals surface area contributed by atoms with Crippen molar-refractivity contribution in [3.8, 4) is 16.9 Å². The summed E-state index contributed by atoms with van der Waals surface area (Å²) in [6, 6.07) is 9.28. The molecule has 6 heterocycles. The van der Waals surface area contributed by atoms with Gasteiger partial charge in [0.15, 0.2) is 0 Å². The molecule has 1 aliphatic carbocycles. The number of pyridine rings is 3. The molecule has 0 unspecified atom stereocenters. The highest BCUT2D eigenvalue weighted by atomic mass is 16.6. The molecule has 272 valence electrons. The van der Waals surface area contributed by atoms with Gasteiger partial charge >= 0.3 is 6.09 Å². The van der Waals surface area contributed by atoms with Crippen LogP contribution in [0.1, 0.15) is 58.4 Å². The van der Waals surface area contributed by atoms with Gasteiger partial charge in [0.25, 0.3) is 11.1 Å². The van der Waals surface area contributed by atoms with E-state index < -0.39 is 5.60 Å². The molecule has 1 saturated heterocycles. The van der Waals surface area contributed by atoms with Gasteiger partial charge < -0.3 is 33.9 Å². The number of hydrogen-bond acceptors (Lipinski definition) is 9. The molecule has 0 bridgehead atoms. The van der Waals surface area contributed by atoms with E-state index in [0.717, 1.165) is 24.2 Å². The summed E-state index contributed by atoms with van der Waals surface area (Å²) in [7, 11) is 1.66. The smallest absolute Gasteiger partial charge is 0.410 e. The lowest BCUT2D eigenvalue weighted by atomic mass is 9.90. The van der Waals surface area contributed by atoms with Crippen molar-refractivity contribution in [2.75, 3.05) is 29.9 Å². The summed E-state index contributed by atoms with van der Waals surface area (Å²) in [5.74, 6) is 0.814. The highest BCUT2D eigenvalue weighted by Crippen LogP contribution is 2.37. The first-order chi connectivity index (χ1) is 24.6. The van der Waals surface area contributed by atoms with E-state index in [-0.39, 0.29) is 35.3 Å². The number of nitrogens with one attached hydrogen (secondary N) is 1. The van der Waals surface area contributed by atoms with Crippen LogP contribution in [0.5, 0.6) is 0 Å². The lowest BCUT2D eigenvalue weighted by molar-refractivity contribution is 0.0218. The third-order valence-corrected chi connectivity index (χ3v) is 9.88. The van der Waals surface area contributed by atoms with Crippen molar-refractivity contribution < 1.29 is 14.6 Å². The molecule has 1 fully saturated rings. The number of carbonyl (C=O) groups excluding carboxylic acids is 1. The number of piperazine rings is 1. The van der Waals surface area contributed by atoms with Crippen molar-refractivity contribution in [3.63, 3.8) is 0 Å². The van der Waals surface area contributed by atoms with Crippen LogP contribution < -0.4 is 21.3 Å². The third-order valence-electron chi connectivity index (χ3n) is 9.88. The fourth-order valence-electron chi connectivity index (χ4n) is 7.49. The topological polar surface area (TPSA) is 139 Å². The van der Waals surface area contributed by atoms with E-state index >= 15 is 0 Å². The number of amides is 1. The first-order valence-corrected chi connectivity index (χ1v) is 17.6. The van der Waals surface area contributed by atoms with Gasteiger partial charge in [-0.25, -0.2) is 14.8 Å². The van der Waals surface area contributed by atoms with E-state index in [0.29, 0.717) is 59.2 Å². The Bertz CT molecular complexity index is 2300. The average Bonchev–Trinajstić information content (AvgIpc) is 3.58. The molecule has 1 aliphatic heterocycles. The van der Waals surface area contributed by atoms with Crippen LogP contribution in [0.4, 0.5) is 22.0 Å². The second kappa shape index (κ2) is 13.0. The van der Waals surface area contributed by atoms with Crippen LogP contribution in [0.2, 0.25) is 0 Å². The van der Waals surface area contributed by atoms with E-state index in [4.69, 9.17) is 4.74 Å². The Morgan fingerprint density at radius 3 is 2.54 bits per heavy atom. The van der Waals surface area contributed by atoms with Gasteiger partial charge in [-0.3, -0.25) is 14.2 Å². The molecule has 1 amide bonds. The van der Waals surface area contributed by atoms with Crippen molar-refractivity contribution in [2.45, 2.75) is 72.6 Å². The largest absolute Gasteiger partial charge is 0.444 e. The second-order valence-corrected chi connectivity index (χ2v) is 15.7. The van der Waals surface area contributed by atoms with Crippen molar-refractivity contribution in [3.05, 3.63) is 98.8 Å². The third kappa shape index (κ3) is 6.56. The molecule has 0 spiro atoms. The van der Waals surface area contributed by atoms with Crippen molar-refractivity contribution in [1.82, 2.24) is 28.4 Å². The van der Waals surface area contributed by atoms with Gasteiger partial charge in [-0.2, -0.15) is 0 Å². The number of carbonyl (C=O) groups is 1. The number of aryl methyl sites for hydroxylation is 1. The van der Waals surface area contributed by atoms with Crippen LogP contribution in [-0.4, -0.2) is 70.9 Å². The number of hydrogen-bond donors (Lipinski definition) is 2. The normalized spacial score (nSPS) is 17.0. The van der Waals surface area contributed by atoms with E-state index in [2.05, 4.69) is 41.0 Å². The fourth-order valence-corrected chi connectivity index (χ4v) is 7.49. The number of fused-ring (bicyclic) bond motifs is 3. The second-order valence-electron chi connectivity index (χ2n) is 15.7. The number of aliphatic hydroxyl groups excluding tert-OH is 1. The predicted octanol–water partition coefficient (Wildman–Crippen LogP) is 5.05. The maximum atomic E-state index is 13.8. The molecule has 0 radical (unpaired) electrons. The summed E-state index contributed by atoms with van der Waals surface area (Å²) < 4.78 is 10.5. The van der Waals surface area contributed by atoms with Crippen LogP contribution in [0.25, 0.3) is 22.5 Å². The van der Waals surface area contributed by atoms with Crippen LogP contribution >= 0.6 is 0 Å². The van der Waals surface area contributed by atoms with Gasteiger partial charge in [-0.15, -0.1) is 0 Å². The standard InChI is InChI=1S/C39H46N8O5/c1-24-21-44(37(51)52-38(2,3)4)12-13-45(24)27-8-9-33(41-20-27)42-30-16-26(22-43(7)35(30)49)28-10-11-40-34(29(28)23-48)47-15-14-46-31(36(47)50)17-25-18-39(5,6)19-32(25)46/h8-11,14-17,20,22,24,48H,12-13,18-19,21,23H2,1-7H3,(H,41,42)/t24-/m0/s1. The number of ether oxygens (including phenoxy) is 1. The zero-order chi connectivity index (χ0) is 37.1. The van der Waals surface area contributed by atoms with E-state index in [1.807, 2.05) is 49.6 Å². The first-order valence-electron chi connectivity index (χ1n) is 17.6. The molecular formula is C39H46N8O5. The maximum Gasteiger partial charge on any atom is 0.410 e. The van der Waals surface area contributed by atoms with Crippen LogP contribution in [0.3, 0.4) is 0 Å². The zero-order valence-electron chi connectivity index (χ0n) is 30.8. The summed E-state index contributed by atoms with van der Waals surface area (Å²) in [5, 5.41) is 13.8. The summed E-state index contributed by atoms with van der Waals surface area (Å²) in [5.41, 5.74) is 5.01. The number of anilines is 3. The zero-order valence-corrected chi connectivity index (χ0v) is 30.8. The van der Waals surface area contributed by atoms with E-state index in [1.54, 1.807) is 48.9 Å². The molecule has 2 aliphatic rings. The number of nitrogens with zero attached hydrogens (tertiary/aromatic N) is 7. The minimum atomic E-state index is -0.551. The molecule has 13 nitrogen and oxygen atoms in total. The van der Waals surface area contributed by atoms with Gasteiger partial charge in [0.2, 0.25) is 0 Å². The maximum absolute atomic E-state index is 13.8. The first kappa shape index (κ1) is 35.0. The molecule has 13 heteroatoms. The minimum Gasteiger partial charge on any atom is -0.444 e. The molecular weight excluding hydrogens is 660 g/mol. The Morgan fingerprint density at radius 2 is 1.85 bits per heavy atom. The van der Waals surface area contributed by atoms with E-state index in [9.17, 15) is 19.5 Å². The van der Waals surface area contributed by atoms with E-state index in [1.165, 1.54) is 14.7 Å². The lowest BCUT2D eigenvalue weighted by Crippen LogP contribution is -2.54. The highest BCUT2D eigenvalue weighted by Gasteiger charge is 2.32. The van der Waals surface area contributed by atoms with Gasteiger partial charge in [-0.05, 0) is 87.4 Å². The molecule has 5 aromatic rings. The molecule has 0 saturated carbocycles. The molecule has 5 aromatic heterocycles. The number of aromatic nitrogens is 5. The van der Waals surface area contributed by atoms with Crippen molar-refractivity contribution >= 4 is 28.8 Å². The Labute approximate surface area is 302 Å². The van der Waals surface area contributed by atoms with Gasteiger partial charge in [0.05, 0.1) is 18.5 Å². The fraction of sp³-hybridized carbons (Fsp3) is 0.410. The van der Waals surface area contributed by atoms with Crippen LogP contribution in [-0.2, 0) is 31.2 Å². The van der Waals surface area contributed by atoms with Gasteiger partial charge in [-0.1, -0.05) is 13.8 Å². The molecule has 7 rings (SSSR count). The van der Waals surface area contributed by atoms with Crippen LogP contribution in [0.15, 0.2) is 70.9 Å². The van der Waals surface area contributed by atoms with Gasteiger partial charge in [0, 0.05) is 74.3 Å². The Kier molecular flexibility index (Phi) is 8.72. The molecule has 1 atom stereocenters. The van der Waals surface area contributed by atoms with Gasteiger partial charge in [0.1, 0.15) is 28.4 Å².